The Balaban J connectivity index is 1.79. The molecule has 0 bridgehead atoms. The zero-order valence-corrected chi connectivity index (χ0v) is 20.3. The third-order valence-electron chi connectivity index (χ3n) is 5.12. The van der Waals surface area contributed by atoms with Crippen LogP contribution in [0.3, 0.4) is 0 Å². The molecule has 166 valence electrons. The standard InChI is InChI=1S/C24H36N2O2S2/c1-25(15-21-11-7-5-8-12-21)23(17-27-3)19-29-30-20-24(18-28-4)26(2)16-22-13-9-6-10-14-22/h5-14,23-24H,15-20H2,1-4H3/t23-,24-/m1/s1. The van der Waals surface area contributed by atoms with E-state index in [0.717, 1.165) is 37.8 Å². The lowest BCUT2D eigenvalue weighted by Crippen LogP contribution is -2.37. The largest absolute Gasteiger partial charge is 0.383 e. The van der Waals surface area contributed by atoms with Crippen molar-refractivity contribution in [1.82, 2.24) is 9.80 Å². The number of rotatable bonds is 15. The number of hydrogen-bond donors (Lipinski definition) is 0. The molecule has 0 aromatic heterocycles. The van der Waals surface area contributed by atoms with Crippen molar-refractivity contribution in [1.29, 1.82) is 0 Å². The van der Waals surface area contributed by atoms with Crippen LogP contribution in [0, 0.1) is 0 Å². The van der Waals surface area contributed by atoms with Crippen molar-refractivity contribution in [3.05, 3.63) is 71.8 Å². The summed E-state index contributed by atoms with van der Waals surface area (Å²) in [6, 6.07) is 22.0. The van der Waals surface area contributed by atoms with Crippen LogP contribution in [-0.2, 0) is 22.6 Å². The van der Waals surface area contributed by atoms with E-state index in [1.165, 1.54) is 11.1 Å². The molecule has 2 aromatic rings. The molecule has 2 aromatic carbocycles. The highest BCUT2D eigenvalue weighted by Crippen LogP contribution is 2.26. The van der Waals surface area contributed by atoms with Gasteiger partial charge in [0.05, 0.1) is 13.2 Å². The van der Waals surface area contributed by atoms with Gasteiger partial charge in [-0.25, -0.2) is 0 Å². The Morgan fingerprint density at radius 3 is 1.37 bits per heavy atom. The lowest BCUT2D eigenvalue weighted by atomic mass is 10.2. The van der Waals surface area contributed by atoms with Crippen LogP contribution in [0.4, 0.5) is 0 Å². The number of likely N-dealkylation sites (N-methyl/N-ethyl adjacent to an activating group) is 2. The average molecular weight is 449 g/mol. The highest BCUT2D eigenvalue weighted by atomic mass is 33.1. The molecule has 0 fully saturated rings. The van der Waals surface area contributed by atoms with Crippen molar-refractivity contribution in [2.45, 2.75) is 25.2 Å². The summed E-state index contributed by atoms with van der Waals surface area (Å²) in [7, 11) is 11.8. The van der Waals surface area contributed by atoms with Crippen molar-refractivity contribution in [2.75, 3.05) is 53.0 Å². The molecule has 4 nitrogen and oxygen atoms in total. The molecule has 2 atom stereocenters. The molecule has 0 aliphatic heterocycles. The van der Waals surface area contributed by atoms with Gasteiger partial charge in [-0.1, -0.05) is 82.3 Å². The van der Waals surface area contributed by atoms with E-state index in [2.05, 4.69) is 84.6 Å². The fraction of sp³-hybridized carbons (Fsp3) is 0.500. The summed E-state index contributed by atoms with van der Waals surface area (Å²) in [6.07, 6.45) is 0. The maximum absolute atomic E-state index is 5.49. The topological polar surface area (TPSA) is 24.9 Å². The number of ether oxygens (including phenoxy) is 2. The van der Waals surface area contributed by atoms with Gasteiger partial charge < -0.3 is 9.47 Å². The van der Waals surface area contributed by atoms with Gasteiger partial charge >= 0.3 is 0 Å². The highest BCUT2D eigenvalue weighted by molar-refractivity contribution is 8.76. The fourth-order valence-electron chi connectivity index (χ4n) is 3.24. The second-order valence-corrected chi connectivity index (χ2v) is 10.1. The van der Waals surface area contributed by atoms with Gasteiger partial charge in [-0.15, -0.1) is 0 Å². The second kappa shape index (κ2) is 14.9. The van der Waals surface area contributed by atoms with Crippen LogP contribution >= 0.6 is 21.6 Å². The van der Waals surface area contributed by atoms with E-state index in [-0.39, 0.29) is 0 Å². The van der Waals surface area contributed by atoms with E-state index >= 15 is 0 Å². The predicted octanol–water partition coefficient (Wildman–Crippen LogP) is 4.66. The fourth-order valence-corrected chi connectivity index (χ4v) is 5.97. The number of hydrogen-bond acceptors (Lipinski definition) is 6. The first kappa shape index (κ1) is 25.2. The molecule has 0 unspecified atom stereocenters. The Hall–Kier alpha value is -1.02. The highest BCUT2D eigenvalue weighted by Gasteiger charge is 2.18. The zero-order chi connectivity index (χ0) is 21.6. The van der Waals surface area contributed by atoms with E-state index in [9.17, 15) is 0 Å². The van der Waals surface area contributed by atoms with Crippen LogP contribution in [-0.4, -0.2) is 74.9 Å². The monoisotopic (exact) mass is 448 g/mol. The minimum atomic E-state index is 0.385. The molecule has 0 spiro atoms. The third kappa shape index (κ3) is 9.41. The van der Waals surface area contributed by atoms with E-state index in [0.29, 0.717) is 12.1 Å². The Morgan fingerprint density at radius 2 is 1.03 bits per heavy atom. The maximum atomic E-state index is 5.49. The van der Waals surface area contributed by atoms with Crippen molar-refractivity contribution in [3.63, 3.8) is 0 Å². The molecular weight excluding hydrogens is 412 g/mol. The van der Waals surface area contributed by atoms with Gasteiger partial charge in [-0.05, 0) is 25.2 Å². The number of nitrogens with zero attached hydrogens (tertiary/aromatic N) is 2. The van der Waals surface area contributed by atoms with Gasteiger partial charge in [0.2, 0.25) is 0 Å². The molecule has 30 heavy (non-hydrogen) atoms. The minimum absolute atomic E-state index is 0.385. The summed E-state index contributed by atoms with van der Waals surface area (Å²) in [4.78, 5) is 4.78. The molecule has 0 amide bonds. The van der Waals surface area contributed by atoms with Gasteiger partial charge in [0.15, 0.2) is 0 Å². The maximum Gasteiger partial charge on any atom is 0.0626 e. The summed E-state index contributed by atoms with van der Waals surface area (Å²) in [5, 5.41) is 0. The van der Waals surface area contributed by atoms with Crippen molar-refractivity contribution in [2.24, 2.45) is 0 Å². The van der Waals surface area contributed by atoms with Crippen molar-refractivity contribution in [3.8, 4) is 0 Å². The molecule has 2 rings (SSSR count). The van der Waals surface area contributed by atoms with Crippen molar-refractivity contribution >= 4 is 21.6 Å². The Morgan fingerprint density at radius 1 is 0.667 bits per heavy atom. The molecule has 0 saturated heterocycles. The van der Waals surface area contributed by atoms with Crippen LogP contribution in [0.5, 0.6) is 0 Å². The van der Waals surface area contributed by atoms with E-state index < -0.39 is 0 Å². The van der Waals surface area contributed by atoms with Gasteiger partial charge in [0.25, 0.3) is 0 Å². The number of benzene rings is 2. The van der Waals surface area contributed by atoms with Gasteiger partial charge in [0.1, 0.15) is 0 Å². The summed E-state index contributed by atoms with van der Waals surface area (Å²) >= 11 is 0. The van der Waals surface area contributed by atoms with E-state index in [1.54, 1.807) is 14.2 Å². The van der Waals surface area contributed by atoms with Crippen LogP contribution < -0.4 is 0 Å². The first-order valence-corrected chi connectivity index (χ1v) is 12.8. The average Bonchev–Trinajstić information content (AvgIpc) is 2.76. The molecule has 0 heterocycles. The lowest BCUT2D eigenvalue weighted by molar-refractivity contribution is 0.114. The Bertz CT molecular complexity index is 616. The van der Waals surface area contributed by atoms with Crippen LogP contribution in [0.15, 0.2) is 60.7 Å². The van der Waals surface area contributed by atoms with Gasteiger partial charge in [-0.3, -0.25) is 9.80 Å². The predicted molar refractivity (Wildman–Crippen MR) is 132 cm³/mol. The SMILES string of the molecule is COC[C@H](CSSC[C@@H](COC)N(C)Cc1ccccc1)N(C)Cc1ccccc1. The summed E-state index contributed by atoms with van der Waals surface area (Å²) in [6.45, 7) is 3.36. The molecule has 0 radical (unpaired) electrons. The first-order valence-electron chi connectivity index (χ1n) is 10.3. The quantitative estimate of drug-likeness (QED) is 0.290. The smallest absolute Gasteiger partial charge is 0.0626 e. The van der Waals surface area contributed by atoms with E-state index in [1.807, 2.05) is 21.6 Å². The lowest BCUT2D eigenvalue weighted by Gasteiger charge is -2.29. The first-order chi connectivity index (χ1) is 14.6. The molecule has 0 aliphatic carbocycles. The molecule has 0 saturated carbocycles. The van der Waals surface area contributed by atoms with Gasteiger partial charge in [0, 0.05) is 50.9 Å². The number of methoxy groups -OCH3 is 2. The zero-order valence-electron chi connectivity index (χ0n) is 18.7. The minimum Gasteiger partial charge on any atom is -0.383 e. The Labute approximate surface area is 190 Å². The third-order valence-corrected chi connectivity index (χ3v) is 7.64. The molecular formula is C24H36N2O2S2. The summed E-state index contributed by atoms with van der Waals surface area (Å²) in [5.41, 5.74) is 2.67. The van der Waals surface area contributed by atoms with Gasteiger partial charge in [-0.2, -0.15) is 0 Å². The van der Waals surface area contributed by atoms with Crippen molar-refractivity contribution < 1.29 is 9.47 Å². The summed E-state index contributed by atoms with van der Waals surface area (Å²) in [5.74, 6) is 2.06. The van der Waals surface area contributed by atoms with E-state index in [4.69, 9.17) is 9.47 Å². The van der Waals surface area contributed by atoms with Crippen LogP contribution in [0.1, 0.15) is 11.1 Å². The summed E-state index contributed by atoms with van der Waals surface area (Å²) < 4.78 is 11.0. The van der Waals surface area contributed by atoms with Crippen LogP contribution in [0.2, 0.25) is 0 Å². The Kier molecular flexibility index (Phi) is 12.5. The second-order valence-electron chi connectivity index (χ2n) is 7.59. The molecule has 0 N–H and O–H groups in total. The van der Waals surface area contributed by atoms with Crippen LogP contribution in [0.25, 0.3) is 0 Å². The normalized spacial score (nSPS) is 13.7. The molecule has 0 aliphatic rings. The molecule has 6 heteroatoms.